The Bertz CT molecular complexity index is 176. The first-order chi connectivity index (χ1) is 5.46. The summed E-state index contributed by atoms with van der Waals surface area (Å²) in [6.07, 6.45) is 2.96. The van der Waals surface area contributed by atoms with Crippen LogP contribution in [0.5, 0.6) is 0 Å². The number of hydrogen-bond acceptors (Lipinski definition) is 1. The summed E-state index contributed by atoms with van der Waals surface area (Å²) in [6.45, 7) is 8.88. The molecule has 2 unspecified atom stereocenters. The molecule has 0 aromatic heterocycles. The summed E-state index contributed by atoms with van der Waals surface area (Å²) in [5.41, 5.74) is 0.312. The highest BCUT2D eigenvalue weighted by Gasteiger charge is 2.39. The molecule has 1 saturated carbocycles. The van der Waals surface area contributed by atoms with E-state index in [0.29, 0.717) is 23.0 Å². The average molecular weight is 168 g/mol. The zero-order valence-corrected chi connectivity index (χ0v) is 8.68. The molecule has 0 amide bonds. The molecule has 1 fully saturated rings. The monoisotopic (exact) mass is 168 g/mol. The van der Waals surface area contributed by atoms with Gasteiger partial charge in [0, 0.05) is 12.3 Å². The van der Waals surface area contributed by atoms with E-state index in [1.54, 1.807) is 0 Å². The molecule has 1 rings (SSSR count). The van der Waals surface area contributed by atoms with Gasteiger partial charge >= 0.3 is 0 Å². The summed E-state index contributed by atoms with van der Waals surface area (Å²) in [5, 5.41) is 0. The van der Waals surface area contributed by atoms with E-state index in [1.807, 2.05) is 0 Å². The normalized spacial score (nSPS) is 31.2. The van der Waals surface area contributed by atoms with Crippen molar-refractivity contribution in [2.75, 3.05) is 0 Å². The fourth-order valence-electron chi connectivity index (χ4n) is 2.46. The van der Waals surface area contributed by atoms with Crippen LogP contribution in [0.15, 0.2) is 0 Å². The molecule has 1 aliphatic rings. The predicted octanol–water partition coefficient (Wildman–Crippen LogP) is 3.04. The van der Waals surface area contributed by atoms with E-state index in [0.717, 1.165) is 19.3 Å². The zero-order valence-electron chi connectivity index (χ0n) is 8.68. The van der Waals surface area contributed by atoms with Crippen molar-refractivity contribution < 1.29 is 4.79 Å². The maximum atomic E-state index is 11.5. The van der Waals surface area contributed by atoms with Gasteiger partial charge in [-0.05, 0) is 24.2 Å². The Morgan fingerprint density at radius 3 is 2.33 bits per heavy atom. The van der Waals surface area contributed by atoms with Crippen LogP contribution in [-0.4, -0.2) is 5.78 Å². The maximum Gasteiger partial charge on any atom is 0.136 e. The predicted molar refractivity (Wildman–Crippen MR) is 51.0 cm³/mol. The van der Waals surface area contributed by atoms with Crippen molar-refractivity contribution in [3.05, 3.63) is 0 Å². The second kappa shape index (κ2) is 3.20. The third-order valence-electron chi connectivity index (χ3n) is 3.15. The molecule has 0 aliphatic heterocycles. The fraction of sp³-hybridized carbons (Fsp3) is 0.909. The average Bonchev–Trinajstić information content (AvgIpc) is 2.29. The molecule has 1 nitrogen and oxygen atoms in total. The molecule has 0 aromatic rings. The van der Waals surface area contributed by atoms with E-state index in [-0.39, 0.29) is 0 Å². The molecule has 0 N–H and O–H groups in total. The van der Waals surface area contributed by atoms with E-state index in [2.05, 4.69) is 27.7 Å². The summed E-state index contributed by atoms with van der Waals surface area (Å²) in [6, 6.07) is 0. The van der Waals surface area contributed by atoms with Crippen LogP contribution >= 0.6 is 0 Å². The van der Waals surface area contributed by atoms with Crippen LogP contribution < -0.4 is 0 Å². The van der Waals surface area contributed by atoms with Gasteiger partial charge in [-0.2, -0.15) is 0 Å². The minimum atomic E-state index is 0.312. The SMILES string of the molecule is CCC1C(=O)CCC1C(C)(C)C. The van der Waals surface area contributed by atoms with Gasteiger partial charge in [-0.3, -0.25) is 4.79 Å². The van der Waals surface area contributed by atoms with Crippen LogP contribution in [0.25, 0.3) is 0 Å². The highest BCUT2D eigenvalue weighted by molar-refractivity contribution is 5.83. The van der Waals surface area contributed by atoms with E-state index in [9.17, 15) is 4.79 Å². The maximum absolute atomic E-state index is 11.5. The van der Waals surface area contributed by atoms with E-state index >= 15 is 0 Å². The third-order valence-corrected chi connectivity index (χ3v) is 3.15. The van der Waals surface area contributed by atoms with Gasteiger partial charge in [0.05, 0.1) is 0 Å². The molecule has 0 radical (unpaired) electrons. The third kappa shape index (κ3) is 1.70. The quantitative estimate of drug-likeness (QED) is 0.588. The highest BCUT2D eigenvalue weighted by atomic mass is 16.1. The van der Waals surface area contributed by atoms with Gasteiger partial charge in [0.2, 0.25) is 0 Å². The van der Waals surface area contributed by atoms with E-state index < -0.39 is 0 Å². The molecular formula is C11H20O. The van der Waals surface area contributed by atoms with Gasteiger partial charge in [-0.15, -0.1) is 0 Å². The molecule has 0 spiro atoms. The summed E-state index contributed by atoms with van der Waals surface area (Å²) in [7, 11) is 0. The van der Waals surface area contributed by atoms with Gasteiger partial charge in [-0.25, -0.2) is 0 Å². The first kappa shape index (κ1) is 9.76. The number of hydrogen-bond donors (Lipinski definition) is 0. The first-order valence-corrected chi connectivity index (χ1v) is 4.99. The van der Waals surface area contributed by atoms with Crippen molar-refractivity contribution in [2.24, 2.45) is 17.3 Å². The smallest absolute Gasteiger partial charge is 0.136 e. The van der Waals surface area contributed by atoms with Crippen molar-refractivity contribution >= 4 is 5.78 Å². The van der Waals surface area contributed by atoms with E-state index in [1.165, 1.54) is 0 Å². The van der Waals surface area contributed by atoms with Crippen molar-refractivity contribution in [1.29, 1.82) is 0 Å². The molecule has 0 aromatic carbocycles. The fourth-order valence-corrected chi connectivity index (χ4v) is 2.46. The van der Waals surface area contributed by atoms with Crippen LogP contribution in [0.4, 0.5) is 0 Å². The Morgan fingerprint density at radius 1 is 1.42 bits per heavy atom. The topological polar surface area (TPSA) is 17.1 Å². The number of carbonyl (C=O) groups is 1. The molecule has 1 heteroatoms. The van der Waals surface area contributed by atoms with Gasteiger partial charge in [0.1, 0.15) is 5.78 Å². The number of Topliss-reactive ketones (excluding diaryl/α,β-unsaturated/α-hetero) is 1. The summed E-state index contributed by atoms with van der Waals surface area (Å²) in [5.74, 6) is 1.47. The highest BCUT2D eigenvalue weighted by Crippen LogP contribution is 2.42. The van der Waals surface area contributed by atoms with Crippen molar-refractivity contribution in [1.82, 2.24) is 0 Å². The minimum absolute atomic E-state index is 0.312. The molecule has 70 valence electrons. The largest absolute Gasteiger partial charge is 0.299 e. The Hall–Kier alpha value is -0.330. The van der Waals surface area contributed by atoms with Crippen LogP contribution in [0.1, 0.15) is 47.0 Å². The summed E-state index contributed by atoms with van der Waals surface area (Å²) >= 11 is 0. The number of ketones is 1. The lowest BCUT2D eigenvalue weighted by Crippen LogP contribution is -2.26. The molecule has 0 bridgehead atoms. The van der Waals surface area contributed by atoms with E-state index in [4.69, 9.17) is 0 Å². The van der Waals surface area contributed by atoms with Gasteiger partial charge in [0.15, 0.2) is 0 Å². The van der Waals surface area contributed by atoms with Crippen molar-refractivity contribution in [2.45, 2.75) is 47.0 Å². The minimum Gasteiger partial charge on any atom is -0.299 e. The molecule has 2 atom stereocenters. The molecule has 0 saturated heterocycles. The molecule has 0 heterocycles. The van der Waals surface area contributed by atoms with Crippen LogP contribution in [0.3, 0.4) is 0 Å². The Balaban J connectivity index is 2.73. The lowest BCUT2D eigenvalue weighted by molar-refractivity contribution is -0.121. The first-order valence-electron chi connectivity index (χ1n) is 4.99. The lowest BCUT2D eigenvalue weighted by atomic mass is 9.74. The van der Waals surface area contributed by atoms with Crippen molar-refractivity contribution in [3.63, 3.8) is 0 Å². The number of rotatable bonds is 1. The summed E-state index contributed by atoms with van der Waals surface area (Å²) in [4.78, 5) is 11.5. The van der Waals surface area contributed by atoms with Crippen molar-refractivity contribution in [3.8, 4) is 0 Å². The number of carbonyl (C=O) groups excluding carboxylic acids is 1. The second-order valence-electron chi connectivity index (χ2n) is 4.99. The lowest BCUT2D eigenvalue weighted by Gasteiger charge is -2.30. The van der Waals surface area contributed by atoms with Crippen LogP contribution in [0.2, 0.25) is 0 Å². The van der Waals surface area contributed by atoms with Gasteiger partial charge in [-0.1, -0.05) is 27.7 Å². The van der Waals surface area contributed by atoms with Gasteiger partial charge < -0.3 is 0 Å². The summed E-state index contributed by atoms with van der Waals surface area (Å²) < 4.78 is 0. The van der Waals surface area contributed by atoms with Gasteiger partial charge in [0.25, 0.3) is 0 Å². The Morgan fingerprint density at radius 2 is 2.00 bits per heavy atom. The molecular weight excluding hydrogens is 148 g/mol. The molecule has 12 heavy (non-hydrogen) atoms. The second-order valence-corrected chi connectivity index (χ2v) is 4.99. The Labute approximate surface area is 75.5 Å². The zero-order chi connectivity index (χ0) is 9.35. The molecule has 1 aliphatic carbocycles. The Kier molecular flexibility index (Phi) is 2.60. The standard InChI is InChI=1S/C11H20O/c1-5-8-9(11(2,3)4)6-7-10(8)12/h8-9H,5-7H2,1-4H3. The van der Waals surface area contributed by atoms with Crippen LogP contribution in [0, 0.1) is 17.3 Å². The van der Waals surface area contributed by atoms with Crippen LogP contribution in [-0.2, 0) is 4.79 Å².